The summed E-state index contributed by atoms with van der Waals surface area (Å²) in [6, 6.07) is 0. The zero-order valence-electron chi connectivity index (χ0n) is 4.96. The summed E-state index contributed by atoms with van der Waals surface area (Å²) in [5.74, 6) is -1.56. The van der Waals surface area contributed by atoms with E-state index in [4.69, 9.17) is 5.11 Å². The van der Waals surface area contributed by atoms with Gasteiger partial charge in [0.1, 0.15) is 0 Å². The molecule has 1 fully saturated rings. The summed E-state index contributed by atoms with van der Waals surface area (Å²) in [5.41, 5.74) is -2.11. The van der Waals surface area contributed by atoms with Crippen LogP contribution in [0.15, 0.2) is 0 Å². The van der Waals surface area contributed by atoms with Crippen LogP contribution in [0.2, 0.25) is 0 Å². The highest BCUT2D eigenvalue weighted by Crippen LogP contribution is 2.12. The number of carbonyl (C=O) groups excluding carboxylic acids is 3. The van der Waals surface area contributed by atoms with Crippen molar-refractivity contribution in [3.05, 3.63) is 0 Å². The van der Waals surface area contributed by atoms with E-state index in [0.29, 0.717) is 0 Å². The van der Waals surface area contributed by atoms with Gasteiger partial charge in [0.05, 0.1) is 6.42 Å². The maximum absolute atomic E-state index is 10.5. The maximum atomic E-state index is 10.5. The van der Waals surface area contributed by atoms with Gasteiger partial charge in [-0.2, -0.15) is 0 Å². The van der Waals surface area contributed by atoms with Gasteiger partial charge in [-0.1, -0.05) is 0 Å². The Labute approximate surface area is 56.0 Å². The average molecular weight is 143 g/mol. The van der Waals surface area contributed by atoms with Crippen LogP contribution in [-0.4, -0.2) is 28.8 Å². The molecule has 1 rings (SSSR count). The Morgan fingerprint density at radius 1 is 1.60 bits per heavy atom. The van der Waals surface area contributed by atoms with E-state index in [9.17, 15) is 14.4 Å². The van der Waals surface area contributed by atoms with Gasteiger partial charge in [-0.05, 0) is 0 Å². The van der Waals surface area contributed by atoms with Crippen LogP contribution in [-0.2, 0) is 14.4 Å². The first kappa shape index (κ1) is 6.88. The van der Waals surface area contributed by atoms with Crippen LogP contribution in [0.3, 0.4) is 0 Å². The molecule has 2 amide bonds. The van der Waals surface area contributed by atoms with E-state index < -0.39 is 23.8 Å². The monoisotopic (exact) mass is 143 g/mol. The molecule has 2 N–H and O–H groups in total. The van der Waals surface area contributed by atoms with Crippen molar-refractivity contribution in [3.8, 4) is 0 Å². The van der Waals surface area contributed by atoms with Crippen LogP contribution in [0.1, 0.15) is 6.42 Å². The largest absolute Gasteiger partial charge is 0.373 e. The van der Waals surface area contributed by atoms with Gasteiger partial charge < -0.3 is 5.11 Å². The van der Waals surface area contributed by atoms with Crippen LogP contribution in [0.5, 0.6) is 0 Å². The minimum absolute atomic E-state index is 0.0627. The van der Waals surface area contributed by atoms with E-state index in [2.05, 4.69) is 0 Å². The summed E-state index contributed by atoms with van der Waals surface area (Å²) in [6.07, 6.45) is -0.400. The van der Waals surface area contributed by atoms with Crippen molar-refractivity contribution in [2.45, 2.75) is 12.0 Å². The number of rotatable bonds is 1. The molecule has 0 spiro atoms. The van der Waals surface area contributed by atoms with Crippen molar-refractivity contribution >= 4 is 18.1 Å². The Hall–Kier alpha value is -1.23. The fourth-order valence-corrected chi connectivity index (χ4v) is 0.699. The molecule has 0 radical (unpaired) electrons. The van der Waals surface area contributed by atoms with Crippen molar-refractivity contribution in [2.75, 3.05) is 0 Å². The standard InChI is InChI=1S/C5H5NO4/c7-2-5(10)1-3(8)6-4(5)9/h2,10H,1H2,(H,6,8,9). The lowest BCUT2D eigenvalue weighted by atomic mass is 10.1. The van der Waals surface area contributed by atoms with Crippen LogP contribution in [0.4, 0.5) is 0 Å². The molecule has 1 aliphatic rings. The third-order valence-corrected chi connectivity index (χ3v) is 1.27. The molecule has 54 valence electrons. The molecule has 0 bridgehead atoms. The molecule has 1 saturated heterocycles. The van der Waals surface area contributed by atoms with E-state index in [0.717, 1.165) is 0 Å². The molecule has 0 aromatic carbocycles. The zero-order chi connectivity index (χ0) is 7.78. The van der Waals surface area contributed by atoms with Gasteiger partial charge in [-0.25, -0.2) is 0 Å². The highest BCUT2D eigenvalue weighted by molar-refractivity contribution is 6.15. The van der Waals surface area contributed by atoms with E-state index >= 15 is 0 Å². The lowest BCUT2D eigenvalue weighted by Gasteiger charge is -2.06. The third kappa shape index (κ3) is 0.801. The number of hydrogen-bond acceptors (Lipinski definition) is 4. The zero-order valence-corrected chi connectivity index (χ0v) is 4.96. The molecule has 5 nitrogen and oxygen atoms in total. The molecular formula is C5H5NO4. The molecule has 1 atom stereocenters. The quantitative estimate of drug-likeness (QED) is 0.252. The second-order valence-corrected chi connectivity index (χ2v) is 2.10. The molecular weight excluding hydrogens is 138 g/mol. The smallest absolute Gasteiger partial charge is 0.266 e. The first-order chi connectivity index (χ1) is 4.58. The van der Waals surface area contributed by atoms with Crippen molar-refractivity contribution in [1.82, 2.24) is 5.32 Å². The number of aldehydes is 1. The topological polar surface area (TPSA) is 83.5 Å². The minimum Gasteiger partial charge on any atom is -0.373 e. The lowest BCUT2D eigenvalue weighted by Crippen LogP contribution is -2.39. The summed E-state index contributed by atoms with van der Waals surface area (Å²) in [4.78, 5) is 30.9. The fraction of sp³-hybridized carbons (Fsp3) is 0.400. The molecule has 5 heteroatoms. The molecule has 0 aliphatic carbocycles. The number of hydrogen-bond donors (Lipinski definition) is 2. The molecule has 1 aliphatic heterocycles. The Balaban J connectivity index is 2.90. The van der Waals surface area contributed by atoms with Gasteiger partial charge in [0.2, 0.25) is 11.5 Å². The van der Waals surface area contributed by atoms with E-state index in [1.165, 1.54) is 0 Å². The van der Waals surface area contributed by atoms with Crippen LogP contribution in [0, 0.1) is 0 Å². The second-order valence-electron chi connectivity index (χ2n) is 2.10. The van der Waals surface area contributed by atoms with Gasteiger partial charge in [0.15, 0.2) is 6.29 Å². The average Bonchev–Trinajstić information content (AvgIpc) is 2.09. The van der Waals surface area contributed by atoms with Gasteiger partial charge in [-0.15, -0.1) is 0 Å². The molecule has 1 heterocycles. The number of aliphatic hydroxyl groups is 1. The summed E-state index contributed by atoms with van der Waals surface area (Å²) >= 11 is 0. The lowest BCUT2D eigenvalue weighted by molar-refractivity contribution is -0.141. The Morgan fingerprint density at radius 3 is 2.40 bits per heavy atom. The van der Waals surface area contributed by atoms with Gasteiger partial charge in [0.25, 0.3) is 5.91 Å². The Kier molecular flexibility index (Phi) is 1.29. The Bertz CT molecular complexity index is 212. The van der Waals surface area contributed by atoms with Crippen LogP contribution in [0.25, 0.3) is 0 Å². The van der Waals surface area contributed by atoms with Crippen molar-refractivity contribution in [1.29, 1.82) is 0 Å². The summed E-state index contributed by atoms with van der Waals surface area (Å²) < 4.78 is 0. The normalized spacial score (nSPS) is 32.1. The summed E-state index contributed by atoms with van der Waals surface area (Å²) in [7, 11) is 0. The van der Waals surface area contributed by atoms with Gasteiger partial charge >= 0.3 is 0 Å². The van der Waals surface area contributed by atoms with Crippen LogP contribution < -0.4 is 5.32 Å². The minimum atomic E-state index is -2.11. The van der Waals surface area contributed by atoms with Gasteiger partial charge in [-0.3, -0.25) is 19.7 Å². The predicted octanol–water partition coefficient (Wildman–Crippen LogP) is -2.04. The van der Waals surface area contributed by atoms with Crippen molar-refractivity contribution in [2.24, 2.45) is 0 Å². The number of nitrogens with one attached hydrogen (secondary N) is 1. The van der Waals surface area contributed by atoms with E-state index in [1.807, 2.05) is 0 Å². The van der Waals surface area contributed by atoms with E-state index in [-0.39, 0.29) is 6.29 Å². The fourth-order valence-electron chi connectivity index (χ4n) is 0.699. The molecule has 10 heavy (non-hydrogen) atoms. The van der Waals surface area contributed by atoms with Gasteiger partial charge in [0, 0.05) is 0 Å². The number of imide groups is 1. The first-order valence-electron chi connectivity index (χ1n) is 2.61. The number of amides is 2. The van der Waals surface area contributed by atoms with E-state index in [1.54, 1.807) is 5.32 Å². The second kappa shape index (κ2) is 1.88. The SMILES string of the molecule is O=CC1(O)CC(=O)NC1=O. The summed E-state index contributed by atoms with van der Waals surface area (Å²) in [5, 5.41) is 10.7. The van der Waals surface area contributed by atoms with Crippen molar-refractivity contribution < 1.29 is 19.5 Å². The molecule has 0 aromatic heterocycles. The maximum Gasteiger partial charge on any atom is 0.266 e. The van der Waals surface area contributed by atoms with Crippen LogP contribution >= 0.6 is 0 Å². The predicted molar refractivity (Wildman–Crippen MR) is 28.8 cm³/mol. The highest BCUT2D eigenvalue weighted by Gasteiger charge is 2.44. The molecule has 0 aromatic rings. The number of carbonyl (C=O) groups is 3. The third-order valence-electron chi connectivity index (χ3n) is 1.27. The van der Waals surface area contributed by atoms with Crippen molar-refractivity contribution in [3.63, 3.8) is 0 Å². The summed E-state index contributed by atoms with van der Waals surface area (Å²) in [6.45, 7) is 0. The highest BCUT2D eigenvalue weighted by atomic mass is 16.3. The first-order valence-corrected chi connectivity index (χ1v) is 2.61. The molecule has 0 saturated carbocycles. The Morgan fingerprint density at radius 2 is 2.20 bits per heavy atom. The molecule has 1 unspecified atom stereocenters.